The van der Waals surface area contributed by atoms with Gasteiger partial charge in [0.1, 0.15) is 10.6 Å². The monoisotopic (exact) mass is 257 g/mol. The number of anilines is 2. The molecule has 1 atom stereocenters. The number of nitrogens with two attached hydrogens (primary N) is 1. The molecule has 0 saturated carbocycles. The third kappa shape index (κ3) is 3.33. The fourth-order valence-corrected chi connectivity index (χ4v) is 1.97. The highest BCUT2D eigenvalue weighted by Crippen LogP contribution is 2.28. The van der Waals surface area contributed by atoms with Crippen LogP contribution in [0.1, 0.15) is 38.1 Å². The zero-order valence-corrected chi connectivity index (χ0v) is 11.4. The molecule has 1 aromatic rings. The van der Waals surface area contributed by atoms with Crippen molar-refractivity contribution >= 4 is 28.3 Å². The predicted molar refractivity (Wildman–Crippen MR) is 70.4 cm³/mol. The fraction of sp³-hybridized carbons (Fsp3) is 0.636. The number of aromatic nitrogens is 1. The zero-order chi connectivity index (χ0) is 13.0. The van der Waals surface area contributed by atoms with Crippen LogP contribution in [0.5, 0.6) is 0 Å². The Balaban J connectivity index is 2.90. The summed E-state index contributed by atoms with van der Waals surface area (Å²) in [5, 5.41) is 3.93. The molecule has 0 saturated heterocycles. The maximum absolute atomic E-state index is 11.7. The maximum Gasteiger partial charge on any atom is 0.344 e. The third-order valence-electron chi connectivity index (χ3n) is 2.56. The van der Waals surface area contributed by atoms with E-state index in [1.54, 1.807) is 6.92 Å². The van der Waals surface area contributed by atoms with E-state index in [2.05, 4.69) is 30.5 Å². The van der Waals surface area contributed by atoms with Gasteiger partial charge in [-0.1, -0.05) is 13.8 Å². The molecule has 0 fully saturated rings. The number of nitrogens with zero attached hydrogens (tertiary/aromatic N) is 1. The Morgan fingerprint density at radius 2 is 2.18 bits per heavy atom. The highest BCUT2D eigenvalue weighted by molar-refractivity contribution is 7.11. The van der Waals surface area contributed by atoms with Gasteiger partial charge >= 0.3 is 5.97 Å². The lowest BCUT2D eigenvalue weighted by molar-refractivity contribution is 0.0529. The minimum Gasteiger partial charge on any atom is -0.462 e. The van der Waals surface area contributed by atoms with E-state index in [9.17, 15) is 4.79 Å². The number of carbonyl (C=O) groups excluding carboxylic acids is 1. The summed E-state index contributed by atoms with van der Waals surface area (Å²) in [4.78, 5) is 11.7. The van der Waals surface area contributed by atoms with Crippen LogP contribution < -0.4 is 11.1 Å². The summed E-state index contributed by atoms with van der Waals surface area (Å²) < 4.78 is 8.95. The van der Waals surface area contributed by atoms with E-state index in [4.69, 9.17) is 10.5 Å². The second-order valence-electron chi connectivity index (χ2n) is 4.17. The Hall–Kier alpha value is -1.30. The number of carbonyl (C=O) groups is 1. The summed E-state index contributed by atoms with van der Waals surface area (Å²) in [6.07, 6.45) is 0. The molecule has 0 aliphatic heterocycles. The number of rotatable bonds is 5. The largest absolute Gasteiger partial charge is 0.462 e. The molecule has 0 aromatic carbocycles. The molecular weight excluding hydrogens is 238 g/mol. The number of ether oxygens (including phenoxy) is 1. The summed E-state index contributed by atoms with van der Waals surface area (Å²) in [7, 11) is 0. The lowest BCUT2D eigenvalue weighted by Crippen LogP contribution is -2.22. The molecule has 17 heavy (non-hydrogen) atoms. The van der Waals surface area contributed by atoms with Gasteiger partial charge in [-0.15, -0.1) is 0 Å². The number of hydrogen-bond acceptors (Lipinski definition) is 6. The van der Waals surface area contributed by atoms with Crippen LogP contribution in [-0.4, -0.2) is 23.0 Å². The van der Waals surface area contributed by atoms with Gasteiger partial charge in [0.05, 0.1) is 6.61 Å². The second-order valence-corrected chi connectivity index (χ2v) is 4.94. The highest BCUT2D eigenvalue weighted by atomic mass is 32.1. The van der Waals surface area contributed by atoms with Gasteiger partial charge in [-0.05, 0) is 31.3 Å². The minimum atomic E-state index is -0.419. The van der Waals surface area contributed by atoms with Crippen LogP contribution in [0.4, 0.5) is 10.8 Å². The average Bonchev–Trinajstić information content (AvgIpc) is 2.60. The first-order valence-corrected chi connectivity index (χ1v) is 6.43. The maximum atomic E-state index is 11.7. The van der Waals surface area contributed by atoms with Crippen LogP contribution in [-0.2, 0) is 4.74 Å². The van der Waals surface area contributed by atoms with Crippen LogP contribution in [0.3, 0.4) is 0 Å². The molecule has 96 valence electrons. The van der Waals surface area contributed by atoms with Gasteiger partial charge in [0.25, 0.3) is 0 Å². The number of nitrogen functional groups attached to an aromatic ring is 1. The summed E-state index contributed by atoms with van der Waals surface area (Å²) in [5.74, 6) is 0.262. The lowest BCUT2D eigenvalue weighted by Gasteiger charge is -2.17. The first-order chi connectivity index (χ1) is 7.97. The molecule has 1 unspecified atom stereocenters. The van der Waals surface area contributed by atoms with Crippen molar-refractivity contribution in [2.75, 3.05) is 17.7 Å². The summed E-state index contributed by atoms with van der Waals surface area (Å²) in [6.45, 7) is 8.35. The standard InChI is InChI=1S/C11H19N3O2S/c1-5-16-11(15)8-9(12)14-17-10(8)13-7(4)6(2)3/h6-7,13H,5H2,1-4H3,(H2,12,14). The Bertz CT molecular complexity index is 390. The molecule has 6 heteroatoms. The summed E-state index contributed by atoms with van der Waals surface area (Å²) >= 11 is 1.19. The molecule has 0 aliphatic carbocycles. The predicted octanol–water partition coefficient (Wildman–Crippen LogP) is 2.36. The summed E-state index contributed by atoms with van der Waals surface area (Å²) in [5.41, 5.74) is 6.03. The smallest absolute Gasteiger partial charge is 0.344 e. The quantitative estimate of drug-likeness (QED) is 0.792. The van der Waals surface area contributed by atoms with Gasteiger partial charge < -0.3 is 15.8 Å². The van der Waals surface area contributed by atoms with E-state index in [1.165, 1.54) is 11.5 Å². The Morgan fingerprint density at radius 3 is 2.71 bits per heavy atom. The molecule has 0 amide bonds. The molecule has 1 aromatic heterocycles. The molecule has 0 spiro atoms. The molecule has 0 aliphatic rings. The van der Waals surface area contributed by atoms with Crippen molar-refractivity contribution in [1.29, 1.82) is 0 Å². The van der Waals surface area contributed by atoms with Crippen LogP contribution in [0.25, 0.3) is 0 Å². The lowest BCUT2D eigenvalue weighted by atomic mass is 10.1. The van der Waals surface area contributed by atoms with E-state index in [1.807, 2.05) is 0 Å². The number of hydrogen-bond donors (Lipinski definition) is 2. The van der Waals surface area contributed by atoms with E-state index < -0.39 is 5.97 Å². The number of nitrogens with one attached hydrogen (secondary N) is 1. The zero-order valence-electron chi connectivity index (χ0n) is 10.6. The Labute approximate surface area is 106 Å². The van der Waals surface area contributed by atoms with Crippen molar-refractivity contribution in [3.05, 3.63) is 5.56 Å². The van der Waals surface area contributed by atoms with Gasteiger partial charge in [-0.25, -0.2) is 4.79 Å². The van der Waals surface area contributed by atoms with Gasteiger partial charge in [0.2, 0.25) is 0 Å². The van der Waals surface area contributed by atoms with Crippen molar-refractivity contribution in [3.63, 3.8) is 0 Å². The van der Waals surface area contributed by atoms with E-state index >= 15 is 0 Å². The normalized spacial score (nSPS) is 12.5. The van der Waals surface area contributed by atoms with Crippen molar-refractivity contribution in [3.8, 4) is 0 Å². The van der Waals surface area contributed by atoms with Gasteiger partial charge in [-0.3, -0.25) is 0 Å². The minimum absolute atomic E-state index is 0.229. The van der Waals surface area contributed by atoms with Crippen molar-refractivity contribution in [2.24, 2.45) is 5.92 Å². The van der Waals surface area contributed by atoms with Gasteiger partial charge in [0.15, 0.2) is 5.82 Å². The van der Waals surface area contributed by atoms with E-state index in [0.29, 0.717) is 23.1 Å². The van der Waals surface area contributed by atoms with Crippen LogP contribution in [0.15, 0.2) is 0 Å². The Morgan fingerprint density at radius 1 is 1.53 bits per heavy atom. The first-order valence-electron chi connectivity index (χ1n) is 5.66. The van der Waals surface area contributed by atoms with Crippen molar-refractivity contribution < 1.29 is 9.53 Å². The molecule has 3 N–H and O–H groups in total. The van der Waals surface area contributed by atoms with Gasteiger partial charge in [-0.2, -0.15) is 4.37 Å². The molecular formula is C11H19N3O2S. The first kappa shape index (κ1) is 13.8. The topological polar surface area (TPSA) is 77.2 Å². The Kier molecular flexibility index (Phi) is 4.74. The molecule has 1 heterocycles. The van der Waals surface area contributed by atoms with Crippen LogP contribution in [0, 0.1) is 5.92 Å². The second kappa shape index (κ2) is 5.86. The van der Waals surface area contributed by atoms with Crippen molar-refractivity contribution in [2.45, 2.75) is 33.7 Å². The molecule has 0 bridgehead atoms. The fourth-order valence-electron chi connectivity index (χ4n) is 1.17. The molecule has 0 radical (unpaired) electrons. The van der Waals surface area contributed by atoms with Crippen LogP contribution in [0.2, 0.25) is 0 Å². The highest BCUT2D eigenvalue weighted by Gasteiger charge is 2.22. The van der Waals surface area contributed by atoms with E-state index in [0.717, 1.165) is 0 Å². The SMILES string of the molecule is CCOC(=O)c1c(N)nsc1NC(C)C(C)C. The van der Waals surface area contributed by atoms with Crippen LogP contribution >= 0.6 is 11.5 Å². The van der Waals surface area contributed by atoms with Gasteiger partial charge in [0, 0.05) is 6.04 Å². The number of esters is 1. The third-order valence-corrected chi connectivity index (χ3v) is 3.35. The van der Waals surface area contributed by atoms with Crippen molar-refractivity contribution in [1.82, 2.24) is 4.37 Å². The summed E-state index contributed by atoms with van der Waals surface area (Å²) in [6, 6.07) is 0.239. The average molecular weight is 257 g/mol. The molecule has 5 nitrogen and oxygen atoms in total. The molecule has 1 rings (SSSR count). The van der Waals surface area contributed by atoms with E-state index in [-0.39, 0.29) is 11.9 Å².